The van der Waals surface area contributed by atoms with Gasteiger partial charge in [-0.15, -0.1) is 0 Å². The van der Waals surface area contributed by atoms with Gasteiger partial charge in [-0.05, 0) is 0 Å². The lowest BCUT2D eigenvalue weighted by atomic mass is 10.1. The van der Waals surface area contributed by atoms with Gasteiger partial charge in [-0.25, -0.2) is 14.5 Å². The minimum absolute atomic E-state index is 0.527. The van der Waals surface area contributed by atoms with E-state index in [0.29, 0.717) is 4.57 Å². The number of ether oxygens (including phenoxy) is 1. The van der Waals surface area contributed by atoms with Crippen molar-refractivity contribution in [2.75, 3.05) is 6.61 Å². The maximum absolute atomic E-state index is 13.5. The van der Waals surface area contributed by atoms with Gasteiger partial charge in [0.25, 0.3) is 0 Å². The first-order valence-corrected chi connectivity index (χ1v) is 4.42. The van der Waals surface area contributed by atoms with Crippen molar-refractivity contribution in [2.24, 2.45) is 0 Å². The van der Waals surface area contributed by atoms with Crippen LogP contribution in [0.4, 0.5) is 8.78 Å². The molecule has 0 saturated carbocycles. The summed E-state index contributed by atoms with van der Waals surface area (Å²) in [4.78, 5) is 11.1. The molecule has 0 spiro atoms. The highest BCUT2D eigenvalue weighted by molar-refractivity contribution is 4.95. The van der Waals surface area contributed by atoms with Crippen molar-refractivity contribution < 1.29 is 23.7 Å². The monoisotopic (exact) mass is 237 g/mol. The normalized spacial score (nSPS) is 33.1. The third-order valence-corrected chi connectivity index (χ3v) is 2.39. The molecule has 0 aliphatic carbocycles. The molecule has 1 saturated heterocycles. The fourth-order valence-corrected chi connectivity index (χ4v) is 1.54. The number of nitrogens with zero attached hydrogens (tertiary/aromatic N) is 2. The molecule has 3 atom stereocenters. The Morgan fingerprint density at radius 1 is 1.69 bits per heavy atom. The number of hydrogen-bond acceptors (Lipinski definition) is 5. The number of aliphatic hydroxyl groups excluding tert-OH is 2. The second kappa shape index (κ2) is 3.61. The second-order valence-corrected chi connectivity index (χ2v) is 3.40. The van der Waals surface area contributed by atoms with Crippen LogP contribution < -0.4 is 5.69 Å². The molecule has 1 aliphatic heterocycles. The molecule has 9 heteroatoms. The standard InChI is InChI=1S/C7H9F2N3O4/c8-7(9)4(14)3(1-13)16-5(7)12-2-10-11-6(12)15/h2-5,13-14H,1H2,(H,11,15)/t3-,4-,5-/m1/s1. The van der Waals surface area contributed by atoms with Crippen LogP contribution in [0.3, 0.4) is 0 Å². The molecule has 16 heavy (non-hydrogen) atoms. The molecule has 1 fully saturated rings. The van der Waals surface area contributed by atoms with Crippen molar-refractivity contribution in [3.05, 3.63) is 16.8 Å². The fourth-order valence-electron chi connectivity index (χ4n) is 1.54. The van der Waals surface area contributed by atoms with Crippen molar-refractivity contribution in [1.82, 2.24) is 14.8 Å². The highest BCUT2D eigenvalue weighted by Gasteiger charge is 2.59. The Bertz CT molecular complexity index is 431. The second-order valence-electron chi connectivity index (χ2n) is 3.40. The average Bonchev–Trinajstić information content (AvgIpc) is 2.72. The first-order chi connectivity index (χ1) is 7.48. The molecule has 0 amide bonds. The summed E-state index contributed by atoms with van der Waals surface area (Å²) in [5, 5.41) is 23.1. The van der Waals surface area contributed by atoms with Crippen LogP contribution in [-0.2, 0) is 4.74 Å². The lowest BCUT2D eigenvalue weighted by molar-refractivity contribution is -0.140. The Hall–Kier alpha value is -1.32. The average molecular weight is 237 g/mol. The molecule has 0 radical (unpaired) electrons. The van der Waals surface area contributed by atoms with E-state index in [1.165, 1.54) is 0 Å². The summed E-state index contributed by atoms with van der Waals surface area (Å²) in [5.41, 5.74) is -0.879. The summed E-state index contributed by atoms with van der Waals surface area (Å²) in [6.07, 6.45) is -4.72. The largest absolute Gasteiger partial charge is 0.394 e. The lowest BCUT2D eigenvalue weighted by Gasteiger charge is -2.19. The van der Waals surface area contributed by atoms with E-state index in [-0.39, 0.29) is 0 Å². The molecular formula is C7H9F2N3O4. The Morgan fingerprint density at radius 3 is 2.81 bits per heavy atom. The molecule has 2 rings (SSSR count). The molecule has 0 bridgehead atoms. The third-order valence-electron chi connectivity index (χ3n) is 2.39. The van der Waals surface area contributed by atoms with Crippen molar-refractivity contribution in [3.8, 4) is 0 Å². The predicted octanol–water partition coefficient (Wildman–Crippen LogP) is -1.54. The van der Waals surface area contributed by atoms with E-state index in [1.807, 2.05) is 5.10 Å². The van der Waals surface area contributed by atoms with Gasteiger partial charge in [0.1, 0.15) is 12.4 Å². The summed E-state index contributed by atoms with van der Waals surface area (Å²) < 4.78 is 32.2. The van der Waals surface area contributed by atoms with Crippen LogP contribution in [0.1, 0.15) is 6.23 Å². The van der Waals surface area contributed by atoms with Gasteiger partial charge in [0, 0.05) is 0 Å². The number of aromatic nitrogens is 3. The zero-order valence-corrected chi connectivity index (χ0v) is 7.88. The molecule has 0 aromatic carbocycles. The fraction of sp³-hybridized carbons (Fsp3) is 0.714. The van der Waals surface area contributed by atoms with Crippen LogP contribution >= 0.6 is 0 Å². The number of rotatable bonds is 2. The van der Waals surface area contributed by atoms with Crippen molar-refractivity contribution in [3.63, 3.8) is 0 Å². The lowest BCUT2D eigenvalue weighted by Crippen LogP contribution is -2.40. The predicted molar refractivity (Wildman–Crippen MR) is 44.8 cm³/mol. The van der Waals surface area contributed by atoms with Gasteiger partial charge in [-0.1, -0.05) is 0 Å². The van der Waals surface area contributed by atoms with E-state index < -0.39 is 36.7 Å². The molecule has 1 aromatic heterocycles. The number of halogens is 2. The minimum Gasteiger partial charge on any atom is -0.394 e. The Morgan fingerprint density at radius 2 is 2.38 bits per heavy atom. The Labute approximate surface area is 87.3 Å². The zero-order valence-electron chi connectivity index (χ0n) is 7.88. The summed E-state index contributed by atoms with van der Waals surface area (Å²) in [7, 11) is 0. The molecule has 1 aliphatic rings. The molecule has 90 valence electrons. The number of hydrogen-bond donors (Lipinski definition) is 3. The molecular weight excluding hydrogens is 228 g/mol. The number of alkyl halides is 2. The summed E-state index contributed by atoms with van der Waals surface area (Å²) >= 11 is 0. The van der Waals surface area contributed by atoms with Crippen LogP contribution in [0, 0.1) is 0 Å². The van der Waals surface area contributed by atoms with E-state index in [9.17, 15) is 18.7 Å². The summed E-state index contributed by atoms with van der Waals surface area (Å²) in [6, 6.07) is 0. The van der Waals surface area contributed by atoms with Crippen LogP contribution in [-0.4, -0.2) is 49.7 Å². The van der Waals surface area contributed by atoms with E-state index in [2.05, 4.69) is 5.10 Å². The van der Waals surface area contributed by atoms with Gasteiger partial charge in [0.2, 0.25) is 6.23 Å². The highest BCUT2D eigenvalue weighted by Crippen LogP contribution is 2.41. The van der Waals surface area contributed by atoms with Crippen LogP contribution in [0.25, 0.3) is 0 Å². The van der Waals surface area contributed by atoms with Gasteiger partial charge in [0.15, 0.2) is 6.10 Å². The van der Waals surface area contributed by atoms with Crippen LogP contribution in [0.2, 0.25) is 0 Å². The van der Waals surface area contributed by atoms with Gasteiger partial charge >= 0.3 is 11.6 Å². The van der Waals surface area contributed by atoms with Crippen molar-refractivity contribution in [2.45, 2.75) is 24.4 Å². The number of nitrogens with one attached hydrogen (secondary N) is 1. The van der Waals surface area contributed by atoms with Gasteiger partial charge < -0.3 is 14.9 Å². The van der Waals surface area contributed by atoms with Gasteiger partial charge in [-0.3, -0.25) is 0 Å². The first-order valence-electron chi connectivity index (χ1n) is 4.42. The van der Waals surface area contributed by atoms with Crippen molar-refractivity contribution >= 4 is 0 Å². The van der Waals surface area contributed by atoms with E-state index >= 15 is 0 Å². The number of aliphatic hydroxyl groups is 2. The summed E-state index contributed by atoms with van der Waals surface area (Å²) in [5.74, 6) is -3.67. The maximum Gasteiger partial charge on any atom is 0.345 e. The molecule has 0 unspecified atom stereocenters. The topological polar surface area (TPSA) is 100 Å². The smallest absolute Gasteiger partial charge is 0.345 e. The van der Waals surface area contributed by atoms with Crippen LogP contribution in [0.5, 0.6) is 0 Å². The van der Waals surface area contributed by atoms with E-state index in [0.717, 1.165) is 6.33 Å². The van der Waals surface area contributed by atoms with Gasteiger partial charge in [-0.2, -0.15) is 13.9 Å². The number of aromatic amines is 1. The Kier molecular flexibility index (Phi) is 2.52. The molecule has 7 nitrogen and oxygen atoms in total. The SMILES string of the molecule is O=c1[nH]ncn1[C@@H]1O[C@H](CO)[C@@H](O)C1(F)F. The number of H-pyrrole nitrogens is 1. The quantitative estimate of drug-likeness (QED) is 0.578. The minimum atomic E-state index is -3.67. The van der Waals surface area contributed by atoms with Crippen LogP contribution in [0.15, 0.2) is 11.1 Å². The maximum atomic E-state index is 13.5. The first kappa shape index (κ1) is 11.2. The summed E-state index contributed by atoms with van der Waals surface area (Å²) in [6.45, 7) is -0.764. The highest BCUT2D eigenvalue weighted by atomic mass is 19.3. The van der Waals surface area contributed by atoms with E-state index in [1.54, 1.807) is 0 Å². The van der Waals surface area contributed by atoms with Gasteiger partial charge in [0.05, 0.1) is 6.61 Å². The molecule has 1 aromatic rings. The Balaban J connectivity index is 2.37. The zero-order chi connectivity index (χ0) is 11.9. The molecule has 2 heterocycles. The molecule has 3 N–H and O–H groups in total. The van der Waals surface area contributed by atoms with E-state index in [4.69, 9.17) is 9.84 Å². The van der Waals surface area contributed by atoms with Crippen molar-refractivity contribution in [1.29, 1.82) is 0 Å². The third kappa shape index (κ3) is 1.44.